The van der Waals surface area contributed by atoms with Gasteiger partial charge in [0.25, 0.3) is 0 Å². The van der Waals surface area contributed by atoms with Crippen molar-refractivity contribution in [3.63, 3.8) is 0 Å². The summed E-state index contributed by atoms with van der Waals surface area (Å²) < 4.78 is 0.945. The van der Waals surface area contributed by atoms with E-state index in [1.807, 2.05) is 24.3 Å². The third kappa shape index (κ3) is 3.25. The molecule has 0 bridgehead atoms. The number of carbonyl (C=O) groups excluding carboxylic acids is 1. The molecule has 0 aliphatic heterocycles. The first-order chi connectivity index (χ1) is 10.2. The van der Waals surface area contributed by atoms with Gasteiger partial charge in [0.2, 0.25) is 5.16 Å². The van der Waals surface area contributed by atoms with Gasteiger partial charge in [-0.15, -0.1) is 5.10 Å². The van der Waals surface area contributed by atoms with Crippen LogP contribution in [0.1, 0.15) is 10.5 Å². The number of carbonyl (C=O) groups is 1. The molecule has 0 saturated carbocycles. The van der Waals surface area contributed by atoms with Crippen molar-refractivity contribution in [2.24, 2.45) is 0 Å². The maximum atomic E-state index is 11.9. The summed E-state index contributed by atoms with van der Waals surface area (Å²) in [6.07, 6.45) is 1.73. The molecular formula is C14H11BrN4OS. The van der Waals surface area contributed by atoms with Crippen LogP contribution >= 0.6 is 27.7 Å². The molecule has 106 valence electrons. The lowest BCUT2D eigenvalue weighted by Crippen LogP contribution is -2.02. The van der Waals surface area contributed by atoms with E-state index in [4.69, 9.17) is 0 Å². The quantitative estimate of drug-likeness (QED) is 0.537. The van der Waals surface area contributed by atoms with E-state index in [-0.39, 0.29) is 5.78 Å². The van der Waals surface area contributed by atoms with Gasteiger partial charge >= 0.3 is 0 Å². The minimum atomic E-state index is 0.0252. The zero-order valence-corrected chi connectivity index (χ0v) is 13.2. The number of hydrogen-bond donors (Lipinski definition) is 2. The van der Waals surface area contributed by atoms with E-state index in [0.717, 1.165) is 10.0 Å². The van der Waals surface area contributed by atoms with E-state index in [2.05, 4.69) is 36.1 Å². The van der Waals surface area contributed by atoms with E-state index in [9.17, 15) is 4.79 Å². The van der Waals surface area contributed by atoms with Crippen LogP contribution in [0.4, 0.5) is 0 Å². The fraction of sp³-hybridized carbons (Fsp3) is 0.0714. The van der Waals surface area contributed by atoms with Crippen LogP contribution < -0.4 is 0 Å². The van der Waals surface area contributed by atoms with E-state index >= 15 is 0 Å². The van der Waals surface area contributed by atoms with Crippen LogP contribution in [-0.4, -0.2) is 31.7 Å². The minimum Gasteiger partial charge on any atom is -0.359 e. The number of rotatable bonds is 5. The standard InChI is InChI=1S/C14H11BrN4OS/c15-10-5-2-1-4-9(10)13-17-14(19-18-13)21-8-12(20)11-6-3-7-16-11/h1-7,16H,8H2,(H,17,18,19). The van der Waals surface area contributed by atoms with Gasteiger partial charge in [-0.05, 0) is 18.2 Å². The maximum absolute atomic E-state index is 11.9. The molecule has 0 fully saturated rings. The number of ketones is 1. The number of halogens is 1. The highest BCUT2D eigenvalue weighted by molar-refractivity contribution is 9.10. The lowest BCUT2D eigenvalue weighted by Gasteiger charge is -1.98. The van der Waals surface area contributed by atoms with Gasteiger partial charge in [-0.3, -0.25) is 9.89 Å². The Kier molecular flexibility index (Phi) is 4.21. The Balaban J connectivity index is 1.69. The molecule has 7 heteroatoms. The van der Waals surface area contributed by atoms with E-state index in [0.29, 0.717) is 22.4 Å². The third-order valence-electron chi connectivity index (χ3n) is 2.82. The van der Waals surface area contributed by atoms with Crippen LogP contribution in [0.25, 0.3) is 11.4 Å². The molecule has 0 amide bonds. The first-order valence-corrected chi connectivity index (χ1v) is 7.98. The first-order valence-electron chi connectivity index (χ1n) is 6.21. The van der Waals surface area contributed by atoms with Crippen molar-refractivity contribution in [1.82, 2.24) is 20.2 Å². The van der Waals surface area contributed by atoms with Crippen molar-refractivity contribution in [2.45, 2.75) is 5.16 Å². The summed E-state index contributed by atoms with van der Waals surface area (Å²) in [5.41, 5.74) is 1.54. The Bertz CT molecular complexity index is 754. The van der Waals surface area contributed by atoms with Gasteiger partial charge < -0.3 is 4.98 Å². The predicted octanol–water partition coefficient (Wildman–Crippen LogP) is 3.54. The Morgan fingerprint density at radius 2 is 2.10 bits per heavy atom. The van der Waals surface area contributed by atoms with Crippen LogP contribution in [0.2, 0.25) is 0 Å². The number of Topliss-reactive ketones (excluding diaryl/α,β-unsaturated/α-hetero) is 1. The normalized spacial score (nSPS) is 10.7. The topological polar surface area (TPSA) is 74.4 Å². The summed E-state index contributed by atoms with van der Waals surface area (Å²) >= 11 is 4.79. The minimum absolute atomic E-state index is 0.0252. The number of hydrogen-bond acceptors (Lipinski definition) is 4. The number of aromatic nitrogens is 4. The lowest BCUT2D eigenvalue weighted by molar-refractivity contribution is 0.101. The molecule has 0 radical (unpaired) electrons. The van der Waals surface area contributed by atoms with Gasteiger partial charge in [0.05, 0.1) is 11.4 Å². The highest BCUT2D eigenvalue weighted by Gasteiger charge is 2.12. The second-order valence-corrected chi connectivity index (χ2v) is 6.04. The molecule has 2 N–H and O–H groups in total. The van der Waals surface area contributed by atoms with Gasteiger partial charge in [0.15, 0.2) is 11.6 Å². The monoisotopic (exact) mass is 362 g/mol. The molecule has 2 heterocycles. The first kappa shape index (κ1) is 14.1. The Hall–Kier alpha value is -1.86. The average Bonchev–Trinajstić information content (AvgIpc) is 3.17. The highest BCUT2D eigenvalue weighted by atomic mass is 79.9. The smallest absolute Gasteiger partial charge is 0.209 e. The highest BCUT2D eigenvalue weighted by Crippen LogP contribution is 2.26. The van der Waals surface area contributed by atoms with Crippen LogP contribution in [0.15, 0.2) is 52.2 Å². The zero-order valence-electron chi connectivity index (χ0n) is 10.8. The zero-order chi connectivity index (χ0) is 14.7. The number of aromatic amines is 2. The molecule has 3 rings (SSSR count). The molecule has 3 aromatic rings. The Labute approximate surface area is 133 Å². The molecule has 1 aromatic carbocycles. The number of thioether (sulfide) groups is 1. The molecule has 0 aliphatic rings. The van der Waals surface area contributed by atoms with Crippen molar-refractivity contribution in [2.75, 3.05) is 5.75 Å². The van der Waals surface area contributed by atoms with Crippen LogP contribution in [0, 0.1) is 0 Å². The number of H-pyrrole nitrogens is 2. The summed E-state index contributed by atoms with van der Waals surface area (Å²) in [6, 6.07) is 11.3. The second kappa shape index (κ2) is 6.28. The van der Waals surface area contributed by atoms with E-state index < -0.39 is 0 Å². The van der Waals surface area contributed by atoms with Crippen molar-refractivity contribution >= 4 is 33.5 Å². The summed E-state index contributed by atoms with van der Waals surface area (Å²) in [6.45, 7) is 0. The molecule has 0 aliphatic carbocycles. The Morgan fingerprint density at radius 1 is 1.24 bits per heavy atom. The molecule has 0 spiro atoms. The SMILES string of the molecule is O=C(CSc1n[nH]c(-c2ccccc2Br)n1)c1ccc[nH]1. The lowest BCUT2D eigenvalue weighted by atomic mass is 10.2. The van der Waals surface area contributed by atoms with Gasteiger partial charge in [-0.1, -0.05) is 45.9 Å². The van der Waals surface area contributed by atoms with Crippen LogP contribution in [-0.2, 0) is 0 Å². The largest absolute Gasteiger partial charge is 0.359 e. The Morgan fingerprint density at radius 3 is 2.86 bits per heavy atom. The van der Waals surface area contributed by atoms with Gasteiger partial charge in [0.1, 0.15) is 0 Å². The number of nitrogens with zero attached hydrogens (tertiary/aromatic N) is 2. The third-order valence-corrected chi connectivity index (χ3v) is 4.36. The van der Waals surface area contributed by atoms with Crippen molar-refractivity contribution in [3.05, 3.63) is 52.8 Å². The van der Waals surface area contributed by atoms with E-state index in [1.165, 1.54) is 11.8 Å². The van der Waals surface area contributed by atoms with E-state index in [1.54, 1.807) is 18.3 Å². The molecule has 0 saturated heterocycles. The number of nitrogens with one attached hydrogen (secondary N) is 2. The summed E-state index contributed by atoms with van der Waals surface area (Å²) in [5.74, 6) is 1.00. The second-order valence-electron chi connectivity index (χ2n) is 4.24. The van der Waals surface area contributed by atoms with Crippen molar-refractivity contribution < 1.29 is 4.79 Å². The molecular weight excluding hydrogens is 352 g/mol. The molecule has 0 atom stereocenters. The van der Waals surface area contributed by atoms with Crippen molar-refractivity contribution in [3.8, 4) is 11.4 Å². The van der Waals surface area contributed by atoms with Gasteiger partial charge in [0, 0.05) is 16.2 Å². The predicted molar refractivity (Wildman–Crippen MR) is 85.4 cm³/mol. The summed E-state index contributed by atoms with van der Waals surface area (Å²) in [5, 5.41) is 7.58. The summed E-state index contributed by atoms with van der Waals surface area (Å²) in [4.78, 5) is 19.2. The maximum Gasteiger partial charge on any atom is 0.209 e. The van der Waals surface area contributed by atoms with Crippen LogP contribution in [0.5, 0.6) is 0 Å². The van der Waals surface area contributed by atoms with Crippen molar-refractivity contribution in [1.29, 1.82) is 0 Å². The van der Waals surface area contributed by atoms with Crippen LogP contribution in [0.3, 0.4) is 0 Å². The average molecular weight is 363 g/mol. The fourth-order valence-corrected chi connectivity index (χ4v) is 2.95. The molecule has 2 aromatic heterocycles. The number of benzene rings is 1. The molecule has 21 heavy (non-hydrogen) atoms. The molecule has 5 nitrogen and oxygen atoms in total. The fourth-order valence-electron chi connectivity index (χ4n) is 1.80. The van der Waals surface area contributed by atoms with Gasteiger partial charge in [-0.2, -0.15) is 0 Å². The molecule has 0 unspecified atom stereocenters. The summed E-state index contributed by atoms with van der Waals surface area (Å²) in [7, 11) is 0. The van der Waals surface area contributed by atoms with Gasteiger partial charge in [-0.25, -0.2) is 4.98 Å².